The highest BCUT2D eigenvalue weighted by Crippen LogP contribution is 2.49. The second kappa shape index (κ2) is 12.5. The van der Waals surface area contributed by atoms with Gasteiger partial charge in [0.05, 0.1) is 5.69 Å². The highest BCUT2D eigenvalue weighted by Gasteiger charge is 2.22. The minimum atomic E-state index is 0.885. The summed E-state index contributed by atoms with van der Waals surface area (Å²) in [5.41, 5.74) is 12.7. The third-order valence-electron chi connectivity index (χ3n) is 10.2. The first-order valence-electron chi connectivity index (χ1n) is 17.8. The van der Waals surface area contributed by atoms with Crippen molar-refractivity contribution in [2.24, 2.45) is 0 Å². The predicted octanol–water partition coefficient (Wildman–Crippen LogP) is 14.2. The van der Waals surface area contributed by atoms with E-state index in [0.29, 0.717) is 0 Å². The van der Waals surface area contributed by atoms with Gasteiger partial charge >= 0.3 is 0 Å². The molecule has 0 fully saturated rings. The summed E-state index contributed by atoms with van der Waals surface area (Å²) in [4.78, 5) is 2.39. The highest BCUT2D eigenvalue weighted by molar-refractivity contribution is 6.09. The quantitative estimate of drug-likeness (QED) is 0.176. The minimum absolute atomic E-state index is 0.885. The smallest absolute Gasteiger partial charge is 0.135 e. The number of para-hydroxylation sites is 2. The van der Waals surface area contributed by atoms with E-state index >= 15 is 0 Å². The molecule has 0 aliphatic carbocycles. The Labute approximate surface area is 303 Å². The van der Waals surface area contributed by atoms with E-state index in [1.807, 2.05) is 0 Å². The summed E-state index contributed by atoms with van der Waals surface area (Å²) in [5.74, 6) is 1.80. The summed E-state index contributed by atoms with van der Waals surface area (Å²) in [6.45, 7) is 0. The molecule has 0 radical (unpaired) electrons. The molecule has 0 bridgehead atoms. The number of benzene rings is 9. The van der Waals surface area contributed by atoms with E-state index in [4.69, 9.17) is 4.74 Å². The molecule has 0 N–H and O–H groups in total. The number of rotatable bonds is 6. The van der Waals surface area contributed by atoms with Crippen molar-refractivity contribution in [2.45, 2.75) is 0 Å². The van der Waals surface area contributed by atoms with E-state index in [2.05, 4.69) is 205 Å². The van der Waals surface area contributed by atoms with Gasteiger partial charge in [-0.25, -0.2) is 0 Å². The fourth-order valence-electron chi connectivity index (χ4n) is 7.89. The van der Waals surface area contributed by atoms with Crippen LogP contribution >= 0.6 is 0 Å². The summed E-state index contributed by atoms with van der Waals surface area (Å²) in [5, 5.41) is 4.82. The lowest BCUT2D eigenvalue weighted by molar-refractivity contribution is 0.487. The van der Waals surface area contributed by atoms with Crippen molar-refractivity contribution >= 4 is 38.6 Å². The molecular weight excluding hydrogens is 631 g/mol. The van der Waals surface area contributed by atoms with Crippen molar-refractivity contribution in [1.82, 2.24) is 0 Å². The maximum atomic E-state index is 6.43. The molecule has 1 aliphatic rings. The summed E-state index contributed by atoms with van der Waals surface area (Å²) in [6, 6.07) is 71.7. The van der Waals surface area contributed by atoms with E-state index in [1.165, 1.54) is 49.4 Å². The molecule has 10 rings (SSSR count). The Kier molecular flexibility index (Phi) is 7.18. The molecule has 2 heteroatoms. The molecule has 0 saturated carbocycles. The van der Waals surface area contributed by atoms with Crippen molar-refractivity contribution in [3.8, 4) is 56.0 Å². The fraction of sp³-hybridized carbons (Fsp3) is 0. The van der Waals surface area contributed by atoms with Crippen molar-refractivity contribution in [1.29, 1.82) is 0 Å². The Balaban J connectivity index is 1.14. The molecule has 0 aromatic heterocycles. The van der Waals surface area contributed by atoms with Crippen molar-refractivity contribution in [3.63, 3.8) is 0 Å². The van der Waals surface area contributed by atoms with Crippen LogP contribution < -0.4 is 9.64 Å². The maximum absolute atomic E-state index is 6.43. The largest absolute Gasteiger partial charge is 0.456 e. The highest BCUT2D eigenvalue weighted by atomic mass is 16.5. The third-order valence-corrected chi connectivity index (χ3v) is 10.2. The molecule has 9 aromatic carbocycles. The lowest BCUT2D eigenvalue weighted by Gasteiger charge is -2.29. The van der Waals surface area contributed by atoms with E-state index in [9.17, 15) is 0 Å². The van der Waals surface area contributed by atoms with Gasteiger partial charge in [-0.05, 0) is 98.1 Å². The Morgan fingerprint density at radius 2 is 0.865 bits per heavy atom. The number of hydrogen-bond donors (Lipinski definition) is 0. The molecular formula is C50H33NO. The lowest BCUT2D eigenvalue weighted by Crippen LogP contribution is -2.11. The van der Waals surface area contributed by atoms with Crippen LogP contribution in [0.5, 0.6) is 11.5 Å². The zero-order valence-electron chi connectivity index (χ0n) is 28.4. The van der Waals surface area contributed by atoms with Crippen LogP contribution in [0.4, 0.5) is 17.1 Å². The Morgan fingerprint density at radius 3 is 1.65 bits per heavy atom. The zero-order valence-corrected chi connectivity index (χ0v) is 28.4. The average molecular weight is 664 g/mol. The van der Waals surface area contributed by atoms with Crippen LogP contribution in [-0.4, -0.2) is 0 Å². The van der Waals surface area contributed by atoms with Gasteiger partial charge in [0, 0.05) is 27.9 Å². The third kappa shape index (κ3) is 5.04. The van der Waals surface area contributed by atoms with Crippen LogP contribution in [0, 0.1) is 0 Å². The summed E-state index contributed by atoms with van der Waals surface area (Å²) >= 11 is 0. The maximum Gasteiger partial charge on any atom is 0.135 e. The van der Waals surface area contributed by atoms with Crippen LogP contribution in [0.15, 0.2) is 200 Å². The van der Waals surface area contributed by atoms with Gasteiger partial charge in [0.1, 0.15) is 11.5 Å². The van der Waals surface area contributed by atoms with Crippen molar-refractivity contribution in [2.75, 3.05) is 4.90 Å². The Bertz CT molecular complexity index is 2760. The van der Waals surface area contributed by atoms with Gasteiger partial charge in [0.2, 0.25) is 0 Å². The van der Waals surface area contributed by atoms with Gasteiger partial charge in [0.25, 0.3) is 0 Å². The molecule has 9 aromatic rings. The first kappa shape index (κ1) is 30.0. The second-order valence-corrected chi connectivity index (χ2v) is 13.3. The lowest BCUT2D eigenvalue weighted by atomic mass is 9.90. The van der Waals surface area contributed by atoms with E-state index < -0.39 is 0 Å². The first-order chi connectivity index (χ1) is 25.8. The van der Waals surface area contributed by atoms with Gasteiger partial charge in [-0.1, -0.05) is 152 Å². The summed E-state index contributed by atoms with van der Waals surface area (Å²) < 4.78 is 6.43. The van der Waals surface area contributed by atoms with E-state index in [1.54, 1.807) is 0 Å². The second-order valence-electron chi connectivity index (χ2n) is 13.3. The fourth-order valence-corrected chi connectivity index (χ4v) is 7.89. The summed E-state index contributed by atoms with van der Waals surface area (Å²) in [7, 11) is 0. The van der Waals surface area contributed by atoms with E-state index in [0.717, 1.165) is 45.3 Å². The Morgan fingerprint density at radius 1 is 0.308 bits per heavy atom. The molecule has 52 heavy (non-hydrogen) atoms. The minimum Gasteiger partial charge on any atom is -0.456 e. The molecule has 0 atom stereocenters. The molecule has 1 heterocycles. The number of ether oxygens (including phenoxy) is 1. The predicted molar refractivity (Wildman–Crippen MR) is 218 cm³/mol. The summed E-state index contributed by atoms with van der Waals surface area (Å²) in [6.07, 6.45) is 0. The van der Waals surface area contributed by atoms with Crippen LogP contribution in [-0.2, 0) is 0 Å². The SMILES string of the molecule is c1ccc(-c2cccc3cccc(-c4ccccc4N(c4ccccc4)c4cccc(-c5ccc6c(c5)-c5cccc7cccc(c57)O6)c4)c23)cc1. The van der Waals surface area contributed by atoms with Gasteiger partial charge < -0.3 is 9.64 Å². The topological polar surface area (TPSA) is 12.5 Å². The number of anilines is 3. The monoisotopic (exact) mass is 663 g/mol. The number of fused-ring (bicyclic) bond motifs is 3. The van der Waals surface area contributed by atoms with Crippen LogP contribution in [0.1, 0.15) is 0 Å². The standard InChI is InChI=1S/C50H33NO/c1-3-14-34(15-4-1)41-25-10-16-35-17-11-26-43(49(35)41)42-24-7-8-28-46(42)51(39-21-5-2-6-22-39)40-23-9-20-37(32-40)38-30-31-47-45(33-38)44-27-12-18-36-19-13-29-48(52-47)50(36)44/h1-33H. The Hall–Kier alpha value is -6.90. The first-order valence-corrected chi connectivity index (χ1v) is 17.8. The molecule has 0 unspecified atom stereocenters. The average Bonchev–Trinajstić information content (AvgIpc) is 3.22. The number of nitrogens with zero attached hydrogens (tertiary/aromatic N) is 1. The van der Waals surface area contributed by atoms with Gasteiger partial charge in [-0.3, -0.25) is 0 Å². The van der Waals surface area contributed by atoms with Crippen LogP contribution in [0.3, 0.4) is 0 Å². The molecule has 1 aliphatic heterocycles. The van der Waals surface area contributed by atoms with E-state index in [-0.39, 0.29) is 0 Å². The van der Waals surface area contributed by atoms with Crippen LogP contribution in [0.2, 0.25) is 0 Å². The zero-order chi connectivity index (χ0) is 34.4. The van der Waals surface area contributed by atoms with Gasteiger partial charge in [-0.15, -0.1) is 0 Å². The molecule has 0 saturated heterocycles. The molecule has 2 nitrogen and oxygen atoms in total. The molecule has 0 amide bonds. The number of hydrogen-bond acceptors (Lipinski definition) is 2. The molecule has 0 spiro atoms. The van der Waals surface area contributed by atoms with Crippen LogP contribution in [0.25, 0.3) is 66.1 Å². The van der Waals surface area contributed by atoms with Crippen molar-refractivity contribution < 1.29 is 4.74 Å². The van der Waals surface area contributed by atoms with Gasteiger partial charge in [0.15, 0.2) is 0 Å². The van der Waals surface area contributed by atoms with Gasteiger partial charge in [-0.2, -0.15) is 0 Å². The normalized spacial score (nSPS) is 11.6. The van der Waals surface area contributed by atoms with Crippen molar-refractivity contribution in [3.05, 3.63) is 200 Å². The molecule has 244 valence electrons.